The van der Waals surface area contributed by atoms with Crippen LogP contribution in [0.25, 0.3) is 0 Å². The van der Waals surface area contributed by atoms with Gasteiger partial charge in [-0.15, -0.1) is 0 Å². The first-order valence-electron chi connectivity index (χ1n) is 3.79. The van der Waals surface area contributed by atoms with E-state index in [9.17, 15) is 0 Å². The molecule has 0 aliphatic heterocycles. The Kier molecular flexibility index (Phi) is 14.1. The lowest BCUT2D eigenvalue weighted by Crippen LogP contribution is -2.04. The van der Waals surface area contributed by atoms with E-state index in [2.05, 4.69) is 33.0 Å². The van der Waals surface area contributed by atoms with Crippen molar-refractivity contribution in [3.05, 3.63) is 0 Å². The lowest BCUT2D eigenvalue weighted by atomic mass is 10.3. The van der Waals surface area contributed by atoms with Gasteiger partial charge in [0.2, 0.25) is 0 Å². The van der Waals surface area contributed by atoms with Crippen LogP contribution in [0.2, 0.25) is 0 Å². The van der Waals surface area contributed by atoms with Crippen LogP contribution in [-0.2, 0) is 0 Å². The van der Waals surface area contributed by atoms with Gasteiger partial charge in [-0.25, -0.2) is 0 Å². The van der Waals surface area contributed by atoms with Crippen molar-refractivity contribution in [2.45, 2.75) is 34.1 Å². The van der Waals surface area contributed by atoms with Gasteiger partial charge in [0.1, 0.15) is 0 Å². The van der Waals surface area contributed by atoms with Crippen molar-refractivity contribution in [2.75, 3.05) is 13.6 Å². The normalized spacial score (nSPS) is 8.67. The Morgan fingerprint density at radius 3 is 1.56 bits per heavy atom. The van der Waals surface area contributed by atoms with E-state index < -0.39 is 0 Å². The highest BCUT2D eigenvalue weighted by molar-refractivity contribution is 4.28. The van der Waals surface area contributed by atoms with Crippen LogP contribution in [0, 0.1) is 5.92 Å². The summed E-state index contributed by atoms with van der Waals surface area (Å²) in [6.07, 6.45) is 1.23. The number of rotatable bonds is 2. The van der Waals surface area contributed by atoms with E-state index in [1.165, 1.54) is 6.42 Å². The Morgan fingerprint density at radius 1 is 1.22 bits per heavy atom. The zero-order valence-electron chi connectivity index (χ0n) is 7.49. The minimum Gasteiger partial charge on any atom is -0.320 e. The summed E-state index contributed by atoms with van der Waals surface area (Å²) in [6.45, 7) is 9.79. The molecule has 0 aromatic heterocycles. The Balaban J connectivity index is 0. The van der Waals surface area contributed by atoms with Gasteiger partial charge in [-0.3, -0.25) is 0 Å². The summed E-state index contributed by atoms with van der Waals surface area (Å²) in [6, 6.07) is 0. The molecule has 58 valence electrons. The Bertz CT molecular complexity index is 28.8. The number of hydrogen-bond acceptors (Lipinski definition) is 1. The molecular weight excluding hydrogens is 110 g/mol. The van der Waals surface area contributed by atoms with E-state index in [0.29, 0.717) is 0 Å². The van der Waals surface area contributed by atoms with Gasteiger partial charge in [-0.2, -0.15) is 0 Å². The van der Waals surface area contributed by atoms with Crippen molar-refractivity contribution in [1.29, 1.82) is 0 Å². The maximum absolute atomic E-state index is 3.02. The SMILES string of the molecule is CC(C)C.CCCNC. The maximum atomic E-state index is 3.02. The number of nitrogens with one attached hydrogen (secondary N) is 1. The Hall–Kier alpha value is -0.0400. The molecule has 0 bridgehead atoms. The average Bonchev–Trinajstić information content (AvgIpc) is 1.66. The number of hydrogen-bond donors (Lipinski definition) is 1. The van der Waals surface area contributed by atoms with Crippen molar-refractivity contribution < 1.29 is 0 Å². The molecule has 0 aliphatic rings. The van der Waals surface area contributed by atoms with Crippen LogP contribution in [0.4, 0.5) is 0 Å². The molecule has 0 fully saturated rings. The largest absolute Gasteiger partial charge is 0.320 e. The van der Waals surface area contributed by atoms with Gasteiger partial charge in [0.05, 0.1) is 0 Å². The second-order valence-corrected chi connectivity index (χ2v) is 2.84. The molecule has 0 aromatic carbocycles. The highest BCUT2D eigenvalue weighted by atomic mass is 14.8. The lowest BCUT2D eigenvalue weighted by molar-refractivity contribution is 0.737. The van der Waals surface area contributed by atoms with Gasteiger partial charge in [0, 0.05) is 0 Å². The monoisotopic (exact) mass is 131 g/mol. The van der Waals surface area contributed by atoms with Crippen molar-refractivity contribution >= 4 is 0 Å². The van der Waals surface area contributed by atoms with E-state index in [1.54, 1.807) is 0 Å². The molecule has 0 amide bonds. The molecule has 0 saturated heterocycles. The summed E-state index contributed by atoms with van der Waals surface area (Å²) in [4.78, 5) is 0. The van der Waals surface area contributed by atoms with Crippen molar-refractivity contribution in [1.82, 2.24) is 5.32 Å². The zero-order chi connectivity index (χ0) is 7.70. The first kappa shape index (κ1) is 11.7. The second-order valence-electron chi connectivity index (χ2n) is 2.84. The van der Waals surface area contributed by atoms with Crippen LogP contribution in [0.3, 0.4) is 0 Å². The molecule has 0 aliphatic carbocycles. The third kappa shape index (κ3) is 73.6. The van der Waals surface area contributed by atoms with Crippen molar-refractivity contribution in [3.8, 4) is 0 Å². The molecule has 0 spiro atoms. The Morgan fingerprint density at radius 2 is 1.56 bits per heavy atom. The fourth-order valence-corrected chi connectivity index (χ4v) is 0.250. The van der Waals surface area contributed by atoms with E-state index in [4.69, 9.17) is 0 Å². The zero-order valence-corrected chi connectivity index (χ0v) is 7.49. The van der Waals surface area contributed by atoms with E-state index in [-0.39, 0.29) is 0 Å². The molecule has 1 nitrogen and oxygen atoms in total. The predicted octanol–water partition coefficient (Wildman–Crippen LogP) is 2.28. The topological polar surface area (TPSA) is 12.0 Å². The van der Waals surface area contributed by atoms with Crippen LogP contribution in [-0.4, -0.2) is 13.6 Å². The van der Waals surface area contributed by atoms with Crippen molar-refractivity contribution in [3.63, 3.8) is 0 Å². The molecule has 1 heteroatoms. The molecule has 0 rings (SSSR count). The molecule has 0 heterocycles. The lowest BCUT2D eigenvalue weighted by Gasteiger charge is -1.84. The van der Waals surface area contributed by atoms with Crippen LogP contribution in [0.15, 0.2) is 0 Å². The first-order valence-corrected chi connectivity index (χ1v) is 3.79. The van der Waals surface area contributed by atoms with Crippen molar-refractivity contribution in [2.24, 2.45) is 5.92 Å². The third-order valence-corrected chi connectivity index (χ3v) is 0.500. The minimum atomic E-state index is 0.833. The molecular formula is C8H21N. The summed E-state index contributed by atoms with van der Waals surface area (Å²) < 4.78 is 0. The van der Waals surface area contributed by atoms with Gasteiger partial charge < -0.3 is 5.32 Å². The maximum Gasteiger partial charge on any atom is -0.00546 e. The summed E-state index contributed by atoms with van der Waals surface area (Å²) >= 11 is 0. The summed E-state index contributed by atoms with van der Waals surface area (Å²) in [5.74, 6) is 0.833. The molecule has 0 atom stereocenters. The van der Waals surface area contributed by atoms with Gasteiger partial charge >= 0.3 is 0 Å². The Labute approximate surface area is 59.8 Å². The smallest absolute Gasteiger partial charge is 0.00546 e. The third-order valence-electron chi connectivity index (χ3n) is 0.500. The van der Waals surface area contributed by atoms with Gasteiger partial charge in [0.25, 0.3) is 0 Å². The average molecular weight is 131 g/mol. The molecule has 0 radical (unpaired) electrons. The fraction of sp³-hybridized carbons (Fsp3) is 1.00. The van der Waals surface area contributed by atoms with Gasteiger partial charge in [-0.05, 0) is 25.9 Å². The fourth-order valence-electron chi connectivity index (χ4n) is 0.250. The molecule has 9 heavy (non-hydrogen) atoms. The first-order chi connectivity index (χ1) is 4.15. The van der Waals surface area contributed by atoms with Crippen LogP contribution < -0.4 is 5.32 Å². The molecule has 0 saturated carbocycles. The summed E-state index contributed by atoms with van der Waals surface area (Å²) in [5, 5.41) is 3.02. The molecule has 0 unspecified atom stereocenters. The van der Waals surface area contributed by atoms with E-state index in [0.717, 1.165) is 12.5 Å². The summed E-state index contributed by atoms with van der Waals surface area (Å²) in [7, 11) is 1.96. The standard InChI is InChI=1S/C4H11N.C4H10/c1-3-4-5-2;1-4(2)3/h5H,3-4H2,1-2H3;4H,1-3H3. The van der Waals surface area contributed by atoms with E-state index >= 15 is 0 Å². The molecule has 1 N–H and O–H groups in total. The van der Waals surface area contributed by atoms with Gasteiger partial charge in [0.15, 0.2) is 0 Å². The van der Waals surface area contributed by atoms with Crippen LogP contribution in [0.5, 0.6) is 0 Å². The summed E-state index contributed by atoms with van der Waals surface area (Å²) in [5.41, 5.74) is 0. The highest BCUT2D eigenvalue weighted by Gasteiger charge is 1.68. The van der Waals surface area contributed by atoms with Crippen LogP contribution in [0.1, 0.15) is 34.1 Å². The minimum absolute atomic E-state index is 0.833. The second kappa shape index (κ2) is 10.9. The van der Waals surface area contributed by atoms with E-state index in [1.807, 2.05) is 7.05 Å². The highest BCUT2D eigenvalue weighted by Crippen LogP contribution is 1.81. The predicted molar refractivity (Wildman–Crippen MR) is 44.7 cm³/mol. The van der Waals surface area contributed by atoms with Crippen LogP contribution >= 0.6 is 0 Å². The molecule has 0 aromatic rings. The quantitative estimate of drug-likeness (QED) is 0.606. The van der Waals surface area contributed by atoms with Gasteiger partial charge in [-0.1, -0.05) is 27.7 Å².